The van der Waals surface area contributed by atoms with Crippen molar-refractivity contribution in [2.45, 2.75) is 19.9 Å². The summed E-state index contributed by atoms with van der Waals surface area (Å²) in [5, 5.41) is 0. The summed E-state index contributed by atoms with van der Waals surface area (Å²) in [4.78, 5) is 2.37. The van der Waals surface area contributed by atoms with Gasteiger partial charge in [0.15, 0.2) is 0 Å². The summed E-state index contributed by atoms with van der Waals surface area (Å²) in [7, 11) is 0. The number of rotatable bonds is 3. The number of hydrogen-bond donors (Lipinski definition) is 1. The van der Waals surface area contributed by atoms with Gasteiger partial charge in [0.05, 0.1) is 4.47 Å². The molecule has 2 nitrogen and oxygen atoms in total. The van der Waals surface area contributed by atoms with Crippen molar-refractivity contribution in [3.8, 4) is 0 Å². The summed E-state index contributed by atoms with van der Waals surface area (Å²) in [5.41, 5.74) is 6.86. The zero-order valence-electron chi connectivity index (χ0n) is 10.9. The van der Waals surface area contributed by atoms with Gasteiger partial charge in [0.2, 0.25) is 0 Å². The minimum Gasteiger partial charge on any atom is -0.329 e. The van der Waals surface area contributed by atoms with E-state index in [0.29, 0.717) is 22.9 Å². The molecular formula is C14H20BrFN2. The molecule has 1 aliphatic heterocycles. The Bertz CT molecular complexity index is 414. The fraction of sp³-hybridized carbons (Fsp3) is 0.571. The first-order valence-corrected chi connectivity index (χ1v) is 7.21. The third-order valence-electron chi connectivity index (χ3n) is 4.01. The van der Waals surface area contributed by atoms with Crippen molar-refractivity contribution < 1.29 is 4.39 Å². The highest BCUT2D eigenvalue weighted by molar-refractivity contribution is 9.10. The Hall–Kier alpha value is -0.450. The van der Waals surface area contributed by atoms with E-state index in [-0.39, 0.29) is 11.9 Å². The van der Waals surface area contributed by atoms with E-state index in [4.69, 9.17) is 5.73 Å². The molecule has 1 fully saturated rings. The Balaban J connectivity index is 2.20. The van der Waals surface area contributed by atoms with Crippen molar-refractivity contribution in [2.75, 3.05) is 19.6 Å². The molecule has 1 saturated heterocycles. The zero-order chi connectivity index (χ0) is 13.3. The Morgan fingerprint density at radius 3 is 2.50 bits per heavy atom. The summed E-state index contributed by atoms with van der Waals surface area (Å²) in [6, 6.07) is 5.43. The van der Waals surface area contributed by atoms with Gasteiger partial charge in [-0.2, -0.15) is 0 Å². The number of hydrogen-bond acceptors (Lipinski definition) is 2. The monoisotopic (exact) mass is 314 g/mol. The largest absolute Gasteiger partial charge is 0.329 e. The van der Waals surface area contributed by atoms with E-state index in [9.17, 15) is 4.39 Å². The predicted octanol–water partition coefficient (Wildman–Crippen LogP) is 3.18. The lowest BCUT2D eigenvalue weighted by Gasteiger charge is -2.27. The third kappa shape index (κ3) is 2.76. The molecule has 1 heterocycles. The van der Waals surface area contributed by atoms with Crippen LogP contribution in [0, 0.1) is 17.7 Å². The summed E-state index contributed by atoms with van der Waals surface area (Å²) in [6.45, 7) is 7.14. The van der Waals surface area contributed by atoms with Gasteiger partial charge < -0.3 is 5.73 Å². The van der Waals surface area contributed by atoms with E-state index < -0.39 is 0 Å². The molecule has 0 spiro atoms. The minimum atomic E-state index is -0.216. The summed E-state index contributed by atoms with van der Waals surface area (Å²) < 4.78 is 14.1. The van der Waals surface area contributed by atoms with Gasteiger partial charge >= 0.3 is 0 Å². The SMILES string of the molecule is CC1CN(C(CN)c2ccc(Br)c(F)c2)CC1C. The van der Waals surface area contributed by atoms with Gasteiger partial charge in [-0.3, -0.25) is 4.90 Å². The molecule has 2 N–H and O–H groups in total. The molecule has 0 radical (unpaired) electrons. The lowest BCUT2D eigenvalue weighted by atomic mass is 10.0. The number of nitrogens with two attached hydrogens (primary N) is 1. The number of halogens is 2. The van der Waals surface area contributed by atoms with E-state index in [1.807, 2.05) is 6.07 Å². The third-order valence-corrected chi connectivity index (χ3v) is 4.65. The van der Waals surface area contributed by atoms with Crippen LogP contribution >= 0.6 is 15.9 Å². The van der Waals surface area contributed by atoms with Crippen LogP contribution in [-0.2, 0) is 0 Å². The van der Waals surface area contributed by atoms with Crippen LogP contribution in [0.5, 0.6) is 0 Å². The Kier molecular flexibility index (Phi) is 4.41. The maximum atomic E-state index is 13.6. The van der Waals surface area contributed by atoms with Crippen molar-refractivity contribution in [3.63, 3.8) is 0 Å². The summed E-state index contributed by atoms with van der Waals surface area (Å²) >= 11 is 3.18. The van der Waals surface area contributed by atoms with E-state index in [0.717, 1.165) is 18.7 Å². The molecule has 0 aromatic heterocycles. The van der Waals surface area contributed by atoms with Gasteiger partial charge in [-0.25, -0.2) is 4.39 Å². The van der Waals surface area contributed by atoms with E-state index in [1.54, 1.807) is 12.1 Å². The molecule has 3 unspecified atom stereocenters. The Morgan fingerprint density at radius 2 is 2.00 bits per heavy atom. The molecule has 2 rings (SSSR count). The van der Waals surface area contributed by atoms with Gasteiger partial charge in [-0.05, 0) is 45.5 Å². The summed E-state index contributed by atoms with van der Waals surface area (Å²) in [5.74, 6) is 1.14. The first kappa shape index (κ1) is 14.0. The number of likely N-dealkylation sites (tertiary alicyclic amines) is 1. The predicted molar refractivity (Wildman–Crippen MR) is 75.8 cm³/mol. The molecule has 0 saturated carbocycles. The fourth-order valence-corrected chi connectivity index (χ4v) is 2.89. The van der Waals surface area contributed by atoms with Gasteiger partial charge in [-0.1, -0.05) is 19.9 Å². The van der Waals surface area contributed by atoms with Crippen molar-refractivity contribution in [2.24, 2.45) is 17.6 Å². The maximum absolute atomic E-state index is 13.6. The second-order valence-corrected chi connectivity index (χ2v) is 6.19. The van der Waals surface area contributed by atoms with Gasteiger partial charge in [0.1, 0.15) is 5.82 Å². The molecule has 100 valence electrons. The maximum Gasteiger partial charge on any atom is 0.137 e. The normalized spacial score (nSPS) is 26.5. The highest BCUT2D eigenvalue weighted by Crippen LogP contribution is 2.31. The molecule has 1 aromatic carbocycles. The van der Waals surface area contributed by atoms with Crippen LogP contribution in [0.15, 0.2) is 22.7 Å². The fourth-order valence-electron chi connectivity index (χ4n) is 2.64. The molecule has 0 bridgehead atoms. The van der Waals surface area contributed by atoms with Gasteiger partial charge in [0, 0.05) is 25.7 Å². The molecule has 0 amide bonds. The van der Waals surface area contributed by atoms with Crippen LogP contribution in [0.1, 0.15) is 25.5 Å². The second-order valence-electron chi connectivity index (χ2n) is 5.33. The van der Waals surface area contributed by atoms with Crippen LogP contribution < -0.4 is 5.73 Å². The molecule has 3 atom stereocenters. The van der Waals surface area contributed by atoms with Crippen molar-refractivity contribution in [1.82, 2.24) is 4.90 Å². The van der Waals surface area contributed by atoms with Crippen LogP contribution in [0.4, 0.5) is 4.39 Å². The molecule has 0 aliphatic carbocycles. The second kappa shape index (κ2) is 5.68. The molecular weight excluding hydrogens is 295 g/mol. The smallest absolute Gasteiger partial charge is 0.137 e. The number of benzene rings is 1. The minimum absolute atomic E-state index is 0.125. The summed E-state index contributed by atoms with van der Waals surface area (Å²) in [6.07, 6.45) is 0. The highest BCUT2D eigenvalue weighted by Gasteiger charge is 2.31. The molecule has 1 aromatic rings. The van der Waals surface area contributed by atoms with Crippen molar-refractivity contribution >= 4 is 15.9 Å². The molecule has 4 heteroatoms. The molecule has 18 heavy (non-hydrogen) atoms. The lowest BCUT2D eigenvalue weighted by Crippen LogP contribution is -2.32. The standard InChI is InChI=1S/C14H20BrFN2/c1-9-7-18(8-10(9)2)14(6-17)11-3-4-12(15)13(16)5-11/h3-5,9-10,14H,6-8,17H2,1-2H3. The van der Waals surface area contributed by atoms with Crippen molar-refractivity contribution in [1.29, 1.82) is 0 Å². The van der Waals surface area contributed by atoms with Crippen LogP contribution in [0.25, 0.3) is 0 Å². The first-order valence-electron chi connectivity index (χ1n) is 6.42. The van der Waals surface area contributed by atoms with Crippen LogP contribution in [0.2, 0.25) is 0 Å². The first-order chi connectivity index (χ1) is 8.52. The van der Waals surface area contributed by atoms with Crippen molar-refractivity contribution in [3.05, 3.63) is 34.1 Å². The number of nitrogens with zero attached hydrogens (tertiary/aromatic N) is 1. The van der Waals surface area contributed by atoms with Gasteiger partial charge in [0.25, 0.3) is 0 Å². The Labute approximate surface area is 116 Å². The lowest BCUT2D eigenvalue weighted by molar-refractivity contribution is 0.239. The average molecular weight is 315 g/mol. The topological polar surface area (TPSA) is 29.3 Å². The van der Waals surface area contributed by atoms with E-state index in [1.165, 1.54) is 0 Å². The van der Waals surface area contributed by atoms with Crippen LogP contribution in [0.3, 0.4) is 0 Å². The van der Waals surface area contributed by atoms with E-state index in [2.05, 4.69) is 34.7 Å². The van der Waals surface area contributed by atoms with Crippen LogP contribution in [-0.4, -0.2) is 24.5 Å². The van der Waals surface area contributed by atoms with E-state index >= 15 is 0 Å². The zero-order valence-corrected chi connectivity index (χ0v) is 12.5. The highest BCUT2D eigenvalue weighted by atomic mass is 79.9. The average Bonchev–Trinajstić information content (AvgIpc) is 2.65. The quantitative estimate of drug-likeness (QED) is 0.928. The van der Waals surface area contributed by atoms with Gasteiger partial charge in [-0.15, -0.1) is 0 Å². The Morgan fingerprint density at radius 1 is 1.39 bits per heavy atom. The molecule has 1 aliphatic rings.